The Labute approximate surface area is 207 Å². The largest absolute Gasteiger partial charge is 0.344 e. The maximum absolute atomic E-state index is 13.3. The third-order valence-corrected chi connectivity index (χ3v) is 7.97. The van der Waals surface area contributed by atoms with Gasteiger partial charge in [0.1, 0.15) is 0 Å². The van der Waals surface area contributed by atoms with Crippen LogP contribution in [0, 0.1) is 0 Å². The lowest BCUT2D eigenvalue weighted by molar-refractivity contribution is -0.132. The van der Waals surface area contributed by atoms with Crippen molar-refractivity contribution in [2.24, 2.45) is 0 Å². The van der Waals surface area contributed by atoms with Gasteiger partial charge in [0.05, 0.1) is 40.0 Å². The molecule has 0 bridgehead atoms. The number of fused-ring (bicyclic) bond motifs is 3. The number of nitrogens with zero attached hydrogens (tertiary/aromatic N) is 3. The van der Waals surface area contributed by atoms with E-state index in [9.17, 15) is 19.2 Å². The minimum absolute atomic E-state index is 0.00491. The first-order chi connectivity index (χ1) is 17.5. The second-order valence-corrected chi connectivity index (χ2v) is 9.91. The Balaban J connectivity index is 1.09. The van der Waals surface area contributed by atoms with E-state index in [0.29, 0.717) is 41.6 Å². The molecule has 0 unspecified atom stereocenters. The van der Waals surface area contributed by atoms with Crippen LogP contribution >= 0.6 is 0 Å². The molecule has 2 aromatic carbocycles. The molecule has 2 aliphatic heterocycles. The van der Waals surface area contributed by atoms with Crippen LogP contribution in [0.15, 0.2) is 48.7 Å². The van der Waals surface area contributed by atoms with Crippen LogP contribution in [-0.2, 0) is 4.79 Å². The van der Waals surface area contributed by atoms with Crippen LogP contribution in [0.3, 0.4) is 0 Å². The number of rotatable bonds is 6. The highest BCUT2D eigenvalue weighted by atomic mass is 16.2. The molecule has 1 saturated carbocycles. The zero-order valence-corrected chi connectivity index (χ0v) is 19.8. The summed E-state index contributed by atoms with van der Waals surface area (Å²) in [5.41, 5.74) is 1.67. The summed E-state index contributed by atoms with van der Waals surface area (Å²) < 4.78 is 0. The molecule has 36 heavy (non-hydrogen) atoms. The number of imide groups is 1. The molecule has 9 nitrogen and oxygen atoms in total. The Morgan fingerprint density at radius 3 is 2.61 bits per heavy atom. The minimum Gasteiger partial charge on any atom is -0.344 e. The Morgan fingerprint density at radius 1 is 1.06 bits per heavy atom. The monoisotopic (exact) mass is 485 g/mol. The first-order valence-electron chi connectivity index (χ1n) is 12.5. The molecule has 6 rings (SSSR count). The van der Waals surface area contributed by atoms with Crippen molar-refractivity contribution in [3.05, 3.63) is 65.4 Å². The zero-order chi connectivity index (χ0) is 24.9. The number of hydrogen-bond acceptors (Lipinski definition) is 5. The molecule has 4 amide bonds. The molecule has 1 saturated heterocycles. The van der Waals surface area contributed by atoms with Gasteiger partial charge in [-0.05, 0) is 50.3 Å². The third-order valence-electron chi connectivity index (χ3n) is 7.97. The van der Waals surface area contributed by atoms with E-state index < -0.39 is 5.54 Å². The average Bonchev–Trinajstić information content (AvgIpc) is 3.64. The van der Waals surface area contributed by atoms with Crippen LogP contribution in [0.4, 0.5) is 0 Å². The Bertz CT molecular complexity index is 1360. The molecule has 1 aliphatic carbocycles. The second-order valence-electron chi connectivity index (χ2n) is 9.91. The van der Waals surface area contributed by atoms with Crippen molar-refractivity contribution in [2.75, 3.05) is 13.1 Å². The fourth-order valence-corrected chi connectivity index (χ4v) is 6.21. The summed E-state index contributed by atoms with van der Waals surface area (Å²) in [5, 5.41) is 11.1. The fraction of sp³-hybridized carbons (Fsp3) is 0.370. The highest BCUT2D eigenvalue weighted by Gasteiger charge is 2.52. The molecule has 3 heterocycles. The first-order valence-corrected chi connectivity index (χ1v) is 12.5. The summed E-state index contributed by atoms with van der Waals surface area (Å²) in [4.78, 5) is 54.7. The van der Waals surface area contributed by atoms with Crippen molar-refractivity contribution >= 4 is 34.5 Å². The van der Waals surface area contributed by atoms with Crippen LogP contribution in [0.1, 0.15) is 69.6 Å². The van der Waals surface area contributed by atoms with Gasteiger partial charge < -0.3 is 10.2 Å². The van der Waals surface area contributed by atoms with Crippen LogP contribution in [-0.4, -0.2) is 68.3 Å². The molecular formula is C27H27N5O4. The van der Waals surface area contributed by atoms with Gasteiger partial charge in [-0.25, -0.2) is 0 Å². The van der Waals surface area contributed by atoms with Gasteiger partial charge in [0, 0.05) is 24.9 Å². The number of amides is 4. The molecule has 0 radical (unpaired) electrons. The quantitative estimate of drug-likeness (QED) is 0.521. The van der Waals surface area contributed by atoms with E-state index in [0.717, 1.165) is 24.6 Å². The summed E-state index contributed by atoms with van der Waals surface area (Å²) in [5.74, 6) is -0.745. The van der Waals surface area contributed by atoms with Crippen molar-refractivity contribution in [1.82, 2.24) is 25.3 Å². The number of carbonyl (C=O) groups is 4. The number of carbonyl (C=O) groups excluding carboxylic acids is 4. The summed E-state index contributed by atoms with van der Waals surface area (Å²) in [7, 11) is 0. The number of likely N-dealkylation sites (tertiary alicyclic amines) is 1. The highest BCUT2D eigenvalue weighted by molar-refractivity contribution is 6.21. The summed E-state index contributed by atoms with van der Waals surface area (Å²) in [6.07, 6.45) is 5.70. The molecule has 3 aliphatic rings. The molecule has 184 valence electrons. The first kappa shape index (κ1) is 22.5. The lowest BCUT2D eigenvalue weighted by atomic mass is 9.92. The summed E-state index contributed by atoms with van der Waals surface area (Å²) in [6, 6.07) is 12.3. The van der Waals surface area contributed by atoms with Crippen LogP contribution in [0.2, 0.25) is 0 Å². The van der Waals surface area contributed by atoms with Crippen molar-refractivity contribution in [3.8, 4) is 0 Å². The van der Waals surface area contributed by atoms with E-state index in [4.69, 9.17) is 0 Å². The average molecular weight is 486 g/mol. The van der Waals surface area contributed by atoms with Gasteiger partial charge in [-0.15, -0.1) is 0 Å². The van der Waals surface area contributed by atoms with Gasteiger partial charge in [0.25, 0.3) is 17.7 Å². The van der Waals surface area contributed by atoms with Crippen molar-refractivity contribution < 1.29 is 19.2 Å². The molecule has 2 fully saturated rings. The topological polar surface area (TPSA) is 115 Å². The summed E-state index contributed by atoms with van der Waals surface area (Å²) in [6.45, 7) is 0.803. The van der Waals surface area contributed by atoms with Gasteiger partial charge in [0.2, 0.25) is 5.91 Å². The number of benzene rings is 2. The number of aromatic nitrogens is 2. The van der Waals surface area contributed by atoms with Gasteiger partial charge >= 0.3 is 0 Å². The molecule has 0 spiro atoms. The molecule has 2 atom stereocenters. The second kappa shape index (κ2) is 8.58. The lowest BCUT2D eigenvalue weighted by Crippen LogP contribution is -2.54. The smallest absolute Gasteiger partial charge is 0.261 e. The molecule has 2 N–H and O–H groups in total. The Hall–Kier alpha value is -4.01. The maximum atomic E-state index is 13.3. The lowest BCUT2D eigenvalue weighted by Gasteiger charge is -2.33. The number of hydrogen-bond donors (Lipinski definition) is 2. The predicted molar refractivity (Wildman–Crippen MR) is 131 cm³/mol. The third kappa shape index (κ3) is 3.49. The van der Waals surface area contributed by atoms with E-state index in [-0.39, 0.29) is 42.6 Å². The highest BCUT2D eigenvalue weighted by Crippen LogP contribution is 2.42. The van der Waals surface area contributed by atoms with Crippen LogP contribution in [0.5, 0.6) is 0 Å². The normalized spacial score (nSPS) is 22.8. The van der Waals surface area contributed by atoms with E-state index >= 15 is 0 Å². The van der Waals surface area contributed by atoms with Crippen molar-refractivity contribution in [1.29, 1.82) is 0 Å². The van der Waals surface area contributed by atoms with Crippen molar-refractivity contribution in [3.63, 3.8) is 0 Å². The predicted octanol–water partition coefficient (Wildman–Crippen LogP) is 2.89. The van der Waals surface area contributed by atoms with Crippen LogP contribution in [0.25, 0.3) is 10.9 Å². The van der Waals surface area contributed by atoms with Crippen LogP contribution < -0.4 is 5.32 Å². The van der Waals surface area contributed by atoms with Gasteiger partial charge in [-0.2, -0.15) is 5.10 Å². The van der Waals surface area contributed by atoms with E-state index in [1.807, 2.05) is 17.0 Å². The minimum atomic E-state index is -0.433. The fourth-order valence-electron chi connectivity index (χ4n) is 6.21. The molecular weight excluding hydrogens is 458 g/mol. The number of para-hydroxylation sites is 1. The van der Waals surface area contributed by atoms with Gasteiger partial charge in [-0.3, -0.25) is 29.2 Å². The maximum Gasteiger partial charge on any atom is 0.261 e. The Kier molecular flexibility index (Phi) is 5.35. The van der Waals surface area contributed by atoms with Gasteiger partial charge in [-0.1, -0.05) is 24.3 Å². The molecule has 1 aromatic heterocycles. The number of aromatic amines is 1. The Morgan fingerprint density at radius 2 is 1.83 bits per heavy atom. The number of nitrogens with one attached hydrogen (secondary N) is 2. The zero-order valence-electron chi connectivity index (χ0n) is 19.8. The van der Waals surface area contributed by atoms with Crippen molar-refractivity contribution in [2.45, 2.75) is 50.1 Å². The van der Waals surface area contributed by atoms with E-state index in [1.54, 1.807) is 36.5 Å². The standard InChI is InChI=1S/C27H27N5O4/c33-22(11-5-14-32-25(35)18-7-1-2-8-19(18)26(32)36)31-15-13-27(12-4-10-21(27)31)29-24(34)20-9-3-6-17-16-28-30-23(17)20/h1-3,6-9,16,21H,4-5,10-15H2,(H,28,30)(H,29,34)/t21-,27-/m0/s1. The molecule has 9 heteroatoms. The number of H-pyrrole nitrogens is 1. The van der Waals surface area contributed by atoms with E-state index in [1.165, 1.54) is 4.90 Å². The molecule has 3 aromatic rings. The summed E-state index contributed by atoms with van der Waals surface area (Å²) >= 11 is 0. The van der Waals surface area contributed by atoms with E-state index in [2.05, 4.69) is 15.5 Å². The van der Waals surface area contributed by atoms with Gasteiger partial charge in [0.15, 0.2) is 0 Å². The SMILES string of the molecule is O=C(N[C@]12CCC[C@@H]1N(C(=O)CCCN1C(=O)c3ccccc3C1=O)CC2)c1cccc2cn[nH]c12.